The topological polar surface area (TPSA) is 121 Å². The number of hydrogen-bond acceptors (Lipinski definition) is 7. The van der Waals surface area contributed by atoms with E-state index in [-0.39, 0.29) is 0 Å². The molecular formula is C24H24F3N5O5. The number of aromatic nitrogens is 1. The van der Waals surface area contributed by atoms with E-state index < -0.39 is 53.6 Å². The maximum atomic E-state index is 12.8. The van der Waals surface area contributed by atoms with Crippen molar-refractivity contribution in [1.29, 1.82) is 0 Å². The lowest BCUT2D eigenvalue weighted by Crippen LogP contribution is -2.49. The van der Waals surface area contributed by atoms with E-state index >= 15 is 0 Å². The average molecular weight is 519 g/mol. The van der Waals surface area contributed by atoms with Crippen LogP contribution in [0.4, 0.5) is 23.8 Å². The minimum absolute atomic E-state index is 0.353. The third-order valence-electron chi connectivity index (χ3n) is 6.35. The molecule has 2 fully saturated rings. The number of nitrogens with zero attached hydrogens (tertiary/aromatic N) is 3. The number of benzene rings is 1. The minimum Gasteiger partial charge on any atom is -0.455 e. The first-order valence-electron chi connectivity index (χ1n) is 11.5. The molecule has 196 valence electrons. The number of rotatable bonds is 6. The third kappa shape index (κ3) is 5.49. The molecular weight excluding hydrogens is 495 g/mol. The number of nitrogens with one attached hydrogen (secondary N) is 2. The highest BCUT2D eigenvalue weighted by atomic mass is 19.4. The third-order valence-corrected chi connectivity index (χ3v) is 6.35. The maximum Gasteiger partial charge on any atom is 0.417 e. The summed E-state index contributed by atoms with van der Waals surface area (Å²) in [7, 11) is 0. The summed E-state index contributed by atoms with van der Waals surface area (Å²) in [6.45, 7) is 1.55. The van der Waals surface area contributed by atoms with Crippen LogP contribution >= 0.6 is 0 Å². The first-order valence-corrected chi connectivity index (χ1v) is 11.5. The molecule has 4 amide bonds. The fourth-order valence-electron chi connectivity index (χ4n) is 4.20. The molecule has 4 rings (SSSR count). The Hall–Kier alpha value is -4.16. The SMILES string of the molecule is C[C@@]1(c2ccccc2)NC(=O)N(NC(=O)COC(=O)C2CCN(c3ccc(C(F)(F)F)cn3)CC2)C1=O. The lowest BCUT2D eigenvalue weighted by atomic mass is 9.92. The molecule has 0 spiro atoms. The van der Waals surface area contributed by atoms with E-state index in [0.717, 1.165) is 12.3 Å². The molecule has 2 aromatic rings. The first kappa shape index (κ1) is 25.9. The highest BCUT2D eigenvalue weighted by Gasteiger charge is 2.50. The fraction of sp³-hybridized carbons (Fsp3) is 0.375. The van der Waals surface area contributed by atoms with Gasteiger partial charge in [-0.05, 0) is 37.5 Å². The Balaban J connectivity index is 1.25. The molecule has 1 aromatic heterocycles. The number of amides is 4. The molecule has 10 nitrogen and oxygen atoms in total. The van der Waals surface area contributed by atoms with Gasteiger partial charge in [-0.25, -0.2) is 9.78 Å². The fourth-order valence-corrected chi connectivity index (χ4v) is 4.20. The van der Waals surface area contributed by atoms with Crippen molar-refractivity contribution < 1.29 is 37.1 Å². The van der Waals surface area contributed by atoms with Gasteiger partial charge in [-0.3, -0.25) is 19.8 Å². The van der Waals surface area contributed by atoms with Gasteiger partial charge in [0.1, 0.15) is 11.4 Å². The van der Waals surface area contributed by atoms with Crippen LogP contribution in [-0.2, 0) is 30.8 Å². The van der Waals surface area contributed by atoms with Crippen LogP contribution in [0.15, 0.2) is 48.7 Å². The van der Waals surface area contributed by atoms with E-state index in [9.17, 15) is 32.3 Å². The van der Waals surface area contributed by atoms with E-state index in [1.165, 1.54) is 13.0 Å². The number of ether oxygens (including phenoxy) is 1. The predicted molar refractivity (Wildman–Crippen MR) is 122 cm³/mol. The van der Waals surface area contributed by atoms with Gasteiger partial charge in [0.2, 0.25) is 0 Å². The maximum absolute atomic E-state index is 12.8. The van der Waals surface area contributed by atoms with Crippen molar-refractivity contribution in [2.45, 2.75) is 31.5 Å². The second kappa shape index (κ2) is 10.1. The number of piperidine rings is 1. The van der Waals surface area contributed by atoms with Crippen molar-refractivity contribution in [3.63, 3.8) is 0 Å². The van der Waals surface area contributed by atoms with E-state index in [2.05, 4.69) is 15.7 Å². The molecule has 1 aromatic carbocycles. The highest BCUT2D eigenvalue weighted by Crippen LogP contribution is 2.30. The largest absolute Gasteiger partial charge is 0.455 e. The quantitative estimate of drug-likeness (QED) is 0.444. The van der Waals surface area contributed by atoms with Gasteiger partial charge in [-0.1, -0.05) is 30.3 Å². The standard InChI is InChI=1S/C24H24F3N5O5/c1-23(16-5-3-2-4-6-16)21(35)32(22(36)29-23)30-19(33)14-37-20(34)15-9-11-31(12-10-15)18-8-7-17(13-28-18)24(25,26)27/h2-8,13,15H,9-12,14H2,1H3,(H,29,36)(H,30,33)/t23-/m0/s1. The lowest BCUT2D eigenvalue weighted by molar-refractivity contribution is -0.154. The molecule has 0 radical (unpaired) electrons. The number of carbonyl (C=O) groups excluding carboxylic acids is 4. The van der Waals surface area contributed by atoms with E-state index in [4.69, 9.17) is 4.74 Å². The molecule has 0 aliphatic carbocycles. The van der Waals surface area contributed by atoms with Gasteiger partial charge in [0.05, 0.1) is 11.5 Å². The second-order valence-electron chi connectivity index (χ2n) is 8.87. The average Bonchev–Trinajstić information content (AvgIpc) is 3.11. The summed E-state index contributed by atoms with van der Waals surface area (Å²) < 4.78 is 43.2. The van der Waals surface area contributed by atoms with Crippen LogP contribution in [-0.4, -0.2) is 53.5 Å². The summed E-state index contributed by atoms with van der Waals surface area (Å²) >= 11 is 0. The van der Waals surface area contributed by atoms with E-state index in [1.54, 1.807) is 35.2 Å². The van der Waals surface area contributed by atoms with Crippen LogP contribution in [0.3, 0.4) is 0 Å². The number of urea groups is 1. The lowest BCUT2D eigenvalue weighted by Gasteiger charge is -2.31. The molecule has 2 aliphatic heterocycles. The minimum atomic E-state index is -4.47. The molecule has 1 atom stereocenters. The van der Waals surface area contributed by atoms with Crippen LogP contribution in [0.25, 0.3) is 0 Å². The normalized spacial score (nSPS) is 20.5. The van der Waals surface area contributed by atoms with Crippen molar-refractivity contribution in [2.24, 2.45) is 5.92 Å². The van der Waals surface area contributed by atoms with Crippen molar-refractivity contribution in [1.82, 2.24) is 20.7 Å². The molecule has 0 unspecified atom stereocenters. The van der Waals surface area contributed by atoms with Crippen LogP contribution in [0, 0.1) is 5.92 Å². The second-order valence-corrected chi connectivity index (χ2v) is 8.87. The molecule has 37 heavy (non-hydrogen) atoms. The summed E-state index contributed by atoms with van der Waals surface area (Å²) in [5, 5.41) is 3.10. The Morgan fingerprint density at radius 1 is 1.14 bits per heavy atom. The van der Waals surface area contributed by atoms with E-state index in [1.807, 2.05) is 0 Å². The van der Waals surface area contributed by atoms with Crippen molar-refractivity contribution in [3.8, 4) is 0 Å². The molecule has 3 heterocycles. The smallest absolute Gasteiger partial charge is 0.417 e. The van der Waals surface area contributed by atoms with Crippen LogP contribution < -0.4 is 15.6 Å². The highest BCUT2D eigenvalue weighted by molar-refractivity contribution is 6.08. The number of hydrogen-bond donors (Lipinski definition) is 2. The van der Waals surface area contributed by atoms with Gasteiger partial charge in [0.15, 0.2) is 6.61 Å². The predicted octanol–water partition coefficient (Wildman–Crippen LogP) is 2.36. The summed E-state index contributed by atoms with van der Waals surface area (Å²) in [5.74, 6) is -2.32. The number of imide groups is 1. The number of hydrazine groups is 1. The Labute approximate surface area is 209 Å². The molecule has 2 saturated heterocycles. The van der Waals surface area contributed by atoms with Crippen LogP contribution in [0.2, 0.25) is 0 Å². The van der Waals surface area contributed by atoms with Gasteiger partial charge in [0, 0.05) is 19.3 Å². The van der Waals surface area contributed by atoms with Crippen LogP contribution in [0.5, 0.6) is 0 Å². The molecule has 13 heteroatoms. The van der Waals surface area contributed by atoms with Gasteiger partial charge in [-0.15, -0.1) is 0 Å². The van der Waals surface area contributed by atoms with Crippen molar-refractivity contribution in [2.75, 3.05) is 24.6 Å². The summed E-state index contributed by atoms with van der Waals surface area (Å²) in [6, 6.07) is 9.95. The number of carbonyl (C=O) groups is 4. The molecule has 2 aliphatic rings. The summed E-state index contributed by atoms with van der Waals surface area (Å²) in [5.41, 5.74) is 0.496. The van der Waals surface area contributed by atoms with Crippen LogP contribution in [0.1, 0.15) is 30.9 Å². The zero-order valence-electron chi connectivity index (χ0n) is 19.7. The zero-order chi connectivity index (χ0) is 26.8. The molecule has 0 bridgehead atoms. The number of alkyl halides is 3. The summed E-state index contributed by atoms with van der Waals surface area (Å²) in [4.78, 5) is 55.5. The van der Waals surface area contributed by atoms with Gasteiger partial charge in [-0.2, -0.15) is 18.2 Å². The molecule has 0 saturated carbocycles. The summed E-state index contributed by atoms with van der Waals surface area (Å²) in [6.07, 6.45) is -3.00. The Morgan fingerprint density at radius 3 is 2.41 bits per heavy atom. The number of esters is 1. The van der Waals surface area contributed by atoms with E-state index in [0.29, 0.717) is 42.3 Å². The number of halogens is 3. The van der Waals surface area contributed by atoms with Crippen molar-refractivity contribution in [3.05, 3.63) is 59.8 Å². The van der Waals surface area contributed by atoms with Crippen molar-refractivity contribution >= 4 is 29.6 Å². The van der Waals surface area contributed by atoms with Gasteiger partial charge < -0.3 is 15.0 Å². The Kier molecular flexibility index (Phi) is 7.05. The number of pyridine rings is 1. The van der Waals surface area contributed by atoms with Gasteiger partial charge in [0.25, 0.3) is 11.8 Å². The Bertz CT molecular complexity index is 1180. The number of anilines is 1. The van der Waals surface area contributed by atoms with Gasteiger partial charge >= 0.3 is 18.2 Å². The molecule has 2 N–H and O–H groups in total. The Morgan fingerprint density at radius 2 is 1.81 bits per heavy atom. The zero-order valence-corrected chi connectivity index (χ0v) is 19.7. The monoisotopic (exact) mass is 519 g/mol. The first-order chi connectivity index (χ1) is 17.5.